The highest BCUT2D eigenvalue weighted by atomic mass is 32.2. The first-order valence-corrected chi connectivity index (χ1v) is 9.44. The maximum Gasteiger partial charge on any atom is 0.303 e. The largest absolute Gasteiger partial charge is 0.303 e. The number of likely N-dealkylation sites (tertiary alicyclic amines) is 1. The predicted molar refractivity (Wildman–Crippen MR) is 81.9 cm³/mol. The van der Waals surface area contributed by atoms with Gasteiger partial charge in [0.1, 0.15) is 0 Å². The molecule has 2 aromatic heterocycles. The Labute approximate surface area is 133 Å². The molecule has 0 amide bonds. The van der Waals surface area contributed by atoms with Crippen LogP contribution in [0.25, 0.3) is 0 Å². The van der Waals surface area contributed by atoms with Crippen LogP contribution < -0.4 is 4.72 Å². The Morgan fingerprint density at radius 1 is 1.41 bits per heavy atom. The number of hydrogen-bond acceptors (Lipinski definition) is 7. The van der Waals surface area contributed by atoms with E-state index in [0.717, 1.165) is 35.6 Å². The van der Waals surface area contributed by atoms with Crippen LogP contribution in [0.2, 0.25) is 0 Å². The van der Waals surface area contributed by atoms with Gasteiger partial charge in [0.15, 0.2) is 0 Å². The fraction of sp³-hybridized carbons (Fsp3) is 0.583. The molecule has 10 heteroatoms. The van der Waals surface area contributed by atoms with E-state index in [9.17, 15) is 8.42 Å². The van der Waals surface area contributed by atoms with Gasteiger partial charge in [0.2, 0.25) is 0 Å². The van der Waals surface area contributed by atoms with E-state index in [1.807, 2.05) is 17.5 Å². The van der Waals surface area contributed by atoms with Gasteiger partial charge in [-0.05, 0) is 42.6 Å². The van der Waals surface area contributed by atoms with E-state index in [-0.39, 0.29) is 11.2 Å². The first-order chi connectivity index (χ1) is 10.6. The molecule has 22 heavy (non-hydrogen) atoms. The van der Waals surface area contributed by atoms with Crippen molar-refractivity contribution in [2.45, 2.75) is 24.0 Å². The molecule has 3 heterocycles. The van der Waals surface area contributed by atoms with E-state index >= 15 is 0 Å². The average Bonchev–Trinajstić information content (AvgIpc) is 3.20. The van der Waals surface area contributed by atoms with E-state index in [1.165, 1.54) is 7.05 Å². The average molecular weight is 342 g/mol. The quantitative estimate of drug-likeness (QED) is 0.816. The summed E-state index contributed by atoms with van der Waals surface area (Å²) < 4.78 is 27.1. The second-order valence-electron chi connectivity index (χ2n) is 5.19. The van der Waals surface area contributed by atoms with Crippen LogP contribution in [-0.4, -0.2) is 53.2 Å². The maximum absolute atomic E-state index is 12.2. The maximum atomic E-state index is 12.2. The molecule has 1 N–H and O–H groups in total. The van der Waals surface area contributed by atoms with Crippen molar-refractivity contribution < 1.29 is 8.42 Å². The second kappa shape index (κ2) is 6.41. The van der Waals surface area contributed by atoms with Crippen molar-refractivity contribution in [1.29, 1.82) is 0 Å². The lowest BCUT2D eigenvalue weighted by atomic mass is 10.2. The van der Waals surface area contributed by atoms with Crippen LogP contribution in [0.4, 0.5) is 0 Å². The molecule has 1 fully saturated rings. The highest BCUT2D eigenvalue weighted by Gasteiger charge is 2.27. The Balaban J connectivity index is 1.74. The lowest BCUT2D eigenvalue weighted by Gasteiger charge is -2.26. The number of sulfonamides is 1. The van der Waals surface area contributed by atoms with Crippen LogP contribution in [0.15, 0.2) is 22.7 Å². The van der Waals surface area contributed by atoms with Gasteiger partial charge in [-0.3, -0.25) is 4.90 Å². The molecule has 1 unspecified atom stereocenters. The standard InChI is InChI=1S/C12H18N6O2S2/c1-17-15-12(14-16-17)22(19,20)13-9-10(11-5-4-8-21-11)18-6-2-3-7-18/h4-5,8,10,13H,2-3,6-7,9H2,1H3. The minimum Gasteiger partial charge on any atom is -0.294 e. The predicted octanol–water partition coefficient (Wildman–Crippen LogP) is 0.387. The third-order valence-electron chi connectivity index (χ3n) is 3.65. The molecule has 3 rings (SSSR count). The number of aryl methyl sites for hydroxylation is 1. The summed E-state index contributed by atoms with van der Waals surface area (Å²) in [5.41, 5.74) is 0. The van der Waals surface area contributed by atoms with Crippen molar-refractivity contribution in [3.05, 3.63) is 22.4 Å². The van der Waals surface area contributed by atoms with Gasteiger partial charge in [0, 0.05) is 11.4 Å². The Bertz CT molecular complexity index is 706. The van der Waals surface area contributed by atoms with Crippen LogP contribution in [0.1, 0.15) is 23.8 Å². The molecule has 2 aromatic rings. The molecule has 0 spiro atoms. The number of hydrogen-bond donors (Lipinski definition) is 1. The molecule has 0 saturated carbocycles. The number of aromatic nitrogens is 4. The number of rotatable bonds is 6. The Morgan fingerprint density at radius 2 is 2.18 bits per heavy atom. The lowest BCUT2D eigenvalue weighted by Crippen LogP contribution is -2.36. The van der Waals surface area contributed by atoms with Gasteiger partial charge < -0.3 is 0 Å². The summed E-state index contributed by atoms with van der Waals surface area (Å²) in [6.45, 7) is 2.29. The highest BCUT2D eigenvalue weighted by Crippen LogP contribution is 2.28. The monoisotopic (exact) mass is 342 g/mol. The SMILES string of the molecule is Cn1nnc(S(=O)(=O)NCC(c2cccs2)N2CCCC2)n1. The summed E-state index contributed by atoms with van der Waals surface area (Å²) >= 11 is 1.64. The molecule has 120 valence electrons. The van der Waals surface area contributed by atoms with Gasteiger partial charge in [0.25, 0.3) is 10.0 Å². The zero-order chi connectivity index (χ0) is 15.6. The summed E-state index contributed by atoms with van der Waals surface area (Å²) in [7, 11) is -2.20. The summed E-state index contributed by atoms with van der Waals surface area (Å²) in [5.74, 6) is 0. The van der Waals surface area contributed by atoms with Gasteiger partial charge in [-0.1, -0.05) is 11.2 Å². The summed E-state index contributed by atoms with van der Waals surface area (Å²) in [6.07, 6.45) is 2.31. The molecule has 0 bridgehead atoms. The number of nitrogens with zero attached hydrogens (tertiary/aromatic N) is 5. The van der Waals surface area contributed by atoms with Crippen LogP contribution in [0.5, 0.6) is 0 Å². The number of thiophene rings is 1. The van der Waals surface area contributed by atoms with Crippen molar-refractivity contribution in [3.8, 4) is 0 Å². The smallest absolute Gasteiger partial charge is 0.294 e. The van der Waals surface area contributed by atoms with Crippen molar-refractivity contribution in [2.75, 3.05) is 19.6 Å². The first-order valence-electron chi connectivity index (χ1n) is 7.07. The third kappa shape index (κ3) is 3.35. The van der Waals surface area contributed by atoms with Gasteiger partial charge in [-0.25, -0.2) is 13.1 Å². The minimum absolute atomic E-state index is 0.0500. The van der Waals surface area contributed by atoms with Gasteiger partial charge in [0.05, 0.1) is 13.1 Å². The van der Waals surface area contributed by atoms with Crippen molar-refractivity contribution >= 4 is 21.4 Å². The third-order valence-corrected chi connectivity index (χ3v) is 5.81. The molecule has 1 aliphatic heterocycles. The lowest BCUT2D eigenvalue weighted by molar-refractivity contribution is 0.250. The minimum atomic E-state index is -3.73. The number of nitrogens with one attached hydrogen (secondary N) is 1. The molecule has 1 atom stereocenters. The van der Waals surface area contributed by atoms with E-state index in [2.05, 4.69) is 25.0 Å². The zero-order valence-corrected chi connectivity index (χ0v) is 13.8. The molecule has 0 aliphatic carbocycles. The van der Waals surface area contributed by atoms with E-state index in [1.54, 1.807) is 11.3 Å². The van der Waals surface area contributed by atoms with Crippen LogP contribution in [0, 0.1) is 0 Å². The molecule has 0 aromatic carbocycles. The second-order valence-corrected chi connectivity index (χ2v) is 7.83. The molecule has 0 radical (unpaired) electrons. The molecular weight excluding hydrogens is 324 g/mol. The Hall–Kier alpha value is -1.36. The highest BCUT2D eigenvalue weighted by molar-refractivity contribution is 7.89. The van der Waals surface area contributed by atoms with E-state index in [0.29, 0.717) is 6.54 Å². The molecule has 1 aliphatic rings. The normalized spacial score (nSPS) is 17.9. The van der Waals surface area contributed by atoms with Crippen LogP contribution in [0.3, 0.4) is 0 Å². The van der Waals surface area contributed by atoms with Gasteiger partial charge in [-0.2, -0.15) is 4.80 Å². The summed E-state index contributed by atoms with van der Waals surface area (Å²) in [6, 6.07) is 4.08. The fourth-order valence-corrected chi connectivity index (χ4v) is 4.31. The summed E-state index contributed by atoms with van der Waals surface area (Å²) in [5, 5.41) is 12.6. The van der Waals surface area contributed by atoms with Crippen molar-refractivity contribution in [1.82, 2.24) is 29.8 Å². The topological polar surface area (TPSA) is 93.0 Å². The van der Waals surface area contributed by atoms with E-state index < -0.39 is 10.0 Å². The number of tetrazole rings is 1. The first kappa shape index (κ1) is 15.5. The summed E-state index contributed by atoms with van der Waals surface area (Å²) in [4.78, 5) is 4.61. The van der Waals surface area contributed by atoms with Crippen LogP contribution in [-0.2, 0) is 17.1 Å². The zero-order valence-electron chi connectivity index (χ0n) is 12.2. The Morgan fingerprint density at radius 3 is 2.77 bits per heavy atom. The molecule has 1 saturated heterocycles. The van der Waals surface area contributed by atoms with Gasteiger partial charge >= 0.3 is 5.16 Å². The molecular formula is C12H18N6O2S2. The van der Waals surface area contributed by atoms with Crippen LogP contribution >= 0.6 is 11.3 Å². The Kier molecular flexibility index (Phi) is 4.52. The van der Waals surface area contributed by atoms with Crippen molar-refractivity contribution in [2.24, 2.45) is 7.05 Å². The van der Waals surface area contributed by atoms with E-state index in [4.69, 9.17) is 0 Å². The molecule has 8 nitrogen and oxygen atoms in total. The van der Waals surface area contributed by atoms with Crippen molar-refractivity contribution in [3.63, 3.8) is 0 Å². The van der Waals surface area contributed by atoms with Gasteiger partial charge in [-0.15, -0.1) is 16.4 Å². The fourth-order valence-electron chi connectivity index (χ4n) is 2.57.